The van der Waals surface area contributed by atoms with E-state index in [1.54, 1.807) is 32.3 Å². The summed E-state index contributed by atoms with van der Waals surface area (Å²) in [5.74, 6) is -4.52. The molecule has 0 bridgehead atoms. The number of hydrogen-bond donors (Lipinski definition) is 1. The van der Waals surface area contributed by atoms with Crippen LogP contribution in [0, 0.1) is 24.4 Å². The second-order valence-corrected chi connectivity index (χ2v) is 9.64. The average molecular weight is 516 g/mol. The molecule has 37 heavy (non-hydrogen) atoms. The highest BCUT2D eigenvalue weighted by Gasteiger charge is 2.42. The molecule has 2 atom stereocenters. The van der Waals surface area contributed by atoms with Crippen LogP contribution in [0.3, 0.4) is 0 Å². The number of aryl methyl sites for hydroxylation is 1. The number of amides is 1. The van der Waals surface area contributed by atoms with Gasteiger partial charge in [-0.2, -0.15) is 0 Å². The van der Waals surface area contributed by atoms with Crippen molar-refractivity contribution in [3.63, 3.8) is 0 Å². The first-order valence-corrected chi connectivity index (χ1v) is 11.6. The number of ether oxygens (including phenoxy) is 2. The summed E-state index contributed by atoms with van der Waals surface area (Å²) in [6.45, 7) is 6.77. The van der Waals surface area contributed by atoms with Crippen LogP contribution in [0.5, 0.6) is 5.75 Å². The number of methoxy groups -OCH3 is 1. The van der Waals surface area contributed by atoms with E-state index in [1.165, 1.54) is 25.0 Å². The van der Waals surface area contributed by atoms with Gasteiger partial charge in [0.15, 0.2) is 23.2 Å². The number of halogens is 3. The first kappa shape index (κ1) is 26.3. The van der Waals surface area contributed by atoms with Crippen molar-refractivity contribution in [1.82, 2.24) is 14.5 Å². The van der Waals surface area contributed by atoms with Crippen molar-refractivity contribution in [3.8, 4) is 11.4 Å². The monoisotopic (exact) mass is 515 g/mol. The van der Waals surface area contributed by atoms with Gasteiger partial charge < -0.3 is 24.0 Å². The summed E-state index contributed by atoms with van der Waals surface area (Å²) in [5.41, 5.74) is 1.22. The van der Waals surface area contributed by atoms with Crippen LogP contribution in [0.25, 0.3) is 11.8 Å². The molecule has 196 valence electrons. The second kappa shape index (κ2) is 9.93. The lowest BCUT2D eigenvalue weighted by atomic mass is 9.96. The summed E-state index contributed by atoms with van der Waals surface area (Å²) in [7, 11) is 1.53. The van der Waals surface area contributed by atoms with E-state index in [4.69, 9.17) is 9.47 Å². The van der Waals surface area contributed by atoms with Crippen LogP contribution in [-0.2, 0) is 9.53 Å². The summed E-state index contributed by atoms with van der Waals surface area (Å²) >= 11 is 0. The molecule has 2 heterocycles. The Morgan fingerprint density at radius 2 is 1.86 bits per heavy atom. The molecule has 1 amide bonds. The fraction of sp³-hybridized carbons (Fsp3) is 0.333. The van der Waals surface area contributed by atoms with E-state index in [-0.39, 0.29) is 17.9 Å². The Kier molecular flexibility index (Phi) is 7.05. The predicted molar refractivity (Wildman–Crippen MR) is 130 cm³/mol. The molecule has 10 heteroatoms. The van der Waals surface area contributed by atoms with E-state index in [1.807, 2.05) is 23.8 Å². The third kappa shape index (κ3) is 5.34. The van der Waals surface area contributed by atoms with E-state index in [0.29, 0.717) is 11.3 Å². The Balaban J connectivity index is 1.73. The van der Waals surface area contributed by atoms with E-state index >= 15 is 0 Å². The van der Waals surface area contributed by atoms with Gasteiger partial charge in [-0.15, -0.1) is 0 Å². The Labute approximate surface area is 212 Å². The third-order valence-corrected chi connectivity index (χ3v) is 6.04. The number of aromatic nitrogens is 2. The molecule has 3 aromatic rings. The van der Waals surface area contributed by atoms with Gasteiger partial charge in [0.2, 0.25) is 0 Å². The topological polar surface area (TPSA) is 76.8 Å². The van der Waals surface area contributed by atoms with Crippen LogP contribution in [0.2, 0.25) is 0 Å². The number of aliphatic hydroxyl groups is 1. The summed E-state index contributed by atoms with van der Waals surface area (Å²) < 4.78 is 54.9. The van der Waals surface area contributed by atoms with E-state index in [9.17, 15) is 23.1 Å². The van der Waals surface area contributed by atoms with Gasteiger partial charge in [0, 0.05) is 6.20 Å². The Hall–Kier alpha value is -3.79. The van der Waals surface area contributed by atoms with Crippen LogP contribution < -0.4 is 4.74 Å². The number of carbonyl (C=O) groups is 1. The molecule has 1 saturated heterocycles. The van der Waals surface area contributed by atoms with Gasteiger partial charge >= 0.3 is 0 Å². The minimum atomic E-state index is -1.62. The average Bonchev–Trinajstić information content (AvgIpc) is 3.25. The first-order valence-electron chi connectivity index (χ1n) is 11.6. The van der Waals surface area contributed by atoms with Crippen molar-refractivity contribution in [1.29, 1.82) is 0 Å². The highest BCUT2D eigenvalue weighted by molar-refractivity contribution is 5.97. The summed E-state index contributed by atoms with van der Waals surface area (Å²) in [6.07, 6.45) is 3.83. The Bertz CT molecular complexity index is 1340. The van der Waals surface area contributed by atoms with E-state index in [0.717, 1.165) is 23.5 Å². The zero-order chi connectivity index (χ0) is 27.1. The largest absolute Gasteiger partial charge is 0.495 e. The third-order valence-electron chi connectivity index (χ3n) is 6.04. The van der Waals surface area contributed by atoms with Gasteiger partial charge in [-0.3, -0.25) is 4.79 Å². The maximum atomic E-state index is 14.0. The quantitative estimate of drug-likeness (QED) is 0.380. The van der Waals surface area contributed by atoms with Gasteiger partial charge in [-0.25, -0.2) is 18.2 Å². The number of morpholine rings is 1. The summed E-state index contributed by atoms with van der Waals surface area (Å²) in [5, 5.41) is 10.5. The zero-order valence-electron chi connectivity index (χ0n) is 21.1. The van der Waals surface area contributed by atoms with E-state index in [2.05, 4.69) is 4.98 Å². The van der Waals surface area contributed by atoms with Crippen LogP contribution in [0.1, 0.15) is 43.6 Å². The molecule has 1 aromatic heterocycles. The zero-order valence-corrected chi connectivity index (χ0v) is 21.1. The molecule has 0 saturated carbocycles. The maximum Gasteiger partial charge on any atom is 0.289 e. The first-order chi connectivity index (χ1) is 17.4. The molecule has 0 unspecified atom stereocenters. The number of carbonyl (C=O) groups excluding carboxylic acids is 1. The molecule has 7 nitrogen and oxygen atoms in total. The predicted octanol–water partition coefficient (Wildman–Crippen LogP) is 4.71. The van der Waals surface area contributed by atoms with Crippen molar-refractivity contribution in [2.45, 2.75) is 45.4 Å². The number of aliphatic hydroxyl groups excluding tert-OH is 1. The van der Waals surface area contributed by atoms with Crippen molar-refractivity contribution < 1.29 is 32.5 Å². The van der Waals surface area contributed by atoms with E-state index < -0.39 is 41.1 Å². The minimum Gasteiger partial charge on any atom is -0.495 e. The van der Waals surface area contributed by atoms with Gasteiger partial charge in [0.1, 0.15) is 11.4 Å². The van der Waals surface area contributed by atoms with Crippen molar-refractivity contribution in [2.75, 3.05) is 13.7 Å². The maximum absolute atomic E-state index is 14.0. The molecular weight excluding hydrogens is 487 g/mol. The fourth-order valence-corrected chi connectivity index (χ4v) is 4.48. The van der Waals surface area contributed by atoms with Gasteiger partial charge in [-0.1, -0.05) is 6.07 Å². The van der Waals surface area contributed by atoms with Crippen LogP contribution >= 0.6 is 0 Å². The fourth-order valence-electron chi connectivity index (χ4n) is 4.48. The molecule has 4 rings (SSSR count). The highest BCUT2D eigenvalue weighted by atomic mass is 19.2. The normalized spacial score (nSPS) is 18.0. The molecule has 1 aliphatic rings. The smallest absolute Gasteiger partial charge is 0.289 e. The molecule has 2 aromatic carbocycles. The standard InChI is InChI=1S/C27H28F3N3O4/c1-15-12-32(14-31-15)21-7-6-17(8-22(21)36-5)9-23-26(35)33(13-27(3,4)37-23)25(16(2)34)18-10-19(28)24(30)20(29)11-18/h6-12,14,16,25,34H,13H2,1-5H3/b23-9-/t16-,25+/m1/s1. The number of nitrogens with zero attached hydrogens (tertiary/aromatic N) is 3. The Morgan fingerprint density at radius 3 is 2.43 bits per heavy atom. The summed E-state index contributed by atoms with van der Waals surface area (Å²) in [4.78, 5) is 19.0. The minimum absolute atomic E-state index is 0.0155. The van der Waals surface area contributed by atoms with Gasteiger partial charge in [0.05, 0.1) is 43.5 Å². The lowest BCUT2D eigenvalue weighted by Gasteiger charge is -2.44. The number of hydrogen-bond acceptors (Lipinski definition) is 5. The number of benzene rings is 2. The summed E-state index contributed by atoms with van der Waals surface area (Å²) in [6, 6.07) is 5.75. The van der Waals surface area contributed by atoms with Crippen molar-refractivity contribution >= 4 is 12.0 Å². The molecule has 0 aliphatic carbocycles. The van der Waals surface area contributed by atoms with Crippen LogP contribution in [0.15, 0.2) is 48.6 Å². The van der Waals surface area contributed by atoms with Crippen molar-refractivity contribution in [3.05, 3.63) is 82.9 Å². The molecule has 1 aliphatic heterocycles. The second-order valence-electron chi connectivity index (χ2n) is 9.64. The van der Waals surface area contributed by atoms with Gasteiger partial charge in [0.25, 0.3) is 5.91 Å². The van der Waals surface area contributed by atoms with Crippen LogP contribution in [-0.4, -0.2) is 50.8 Å². The van der Waals surface area contributed by atoms with Crippen molar-refractivity contribution in [2.24, 2.45) is 0 Å². The van der Waals surface area contributed by atoms with Crippen LogP contribution in [0.4, 0.5) is 13.2 Å². The highest BCUT2D eigenvalue weighted by Crippen LogP contribution is 2.36. The molecule has 0 spiro atoms. The SMILES string of the molecule is COc1cc(/C=C2\OC(C)(C)CN([C@H](c3cc(F)c(F)c(F)c3)[C@@H](C)O)C2=O)ccc1-n1cnc(C)c1. The van der Waals surface area contributed by atoms with Gasteiger partial charge in [-0.05, 0) is 69.2 Å². The number of rotatable bonds is 6. The lowest BCUT2D eigenvalue weighted by Crippen LogP contribution is -2.53. The lowest BCUT2D eigenvalue weighted by molar-refractivity contribution is -0.153. The molecule has 1 fully saturated rings. The number of imidazole rings is 1. The Morgan fingerprint density at radius 1 is 1.19 bits per heavy atom. The molecule has 1 N–H and O–H groups in total. The molecular formula is C27H28F3N3O4. The molecule has 0 radical (unpaired) electrons.